The lowest BCUT2D eigenvalue weighted by Gasteiger charge is -2.13. The van der Waals surface area contributed by atoms with E-state index < -0.39 is 0 Å². The summed E-state index contributed by atoms with van der Waals surface area (Å²) in [7, 11) is 1.68. The Hall–Kier alpha value is -4.73. The number of aryl methyl sites for hydroxylation is 2. The highest BCUT2D eigenvalue weighted by Gasteiger charge is 2.16. The fourth-order valence-electron chi connectivity index (χ4n) is 3.67. The van der Waals surface area contributed by atoms with Crippen molar-refractivity contribution in [3.63, 3.8) is 0 Å². The van der Waals surface area contributed by atoms with E-state index in [4.69, 9.17) is 0 Å². The summed E-state index contributed by atoms with van der Waals surface area (Å²) in [5.74, 6) is -0.139. The number of nitrogens with one attached hydrogen (secondary N) is 2. The third kappa shape index (κ3) is 3.43. The highest BCUT2D eigenvalue weighted by atomic mass is 16.3. The van der Waals surface area contributed by atoms with Gasteiger partial charge in [-0.05, 0) is 25.1 Å². The Bertz CT molecular complexity index is 1660. The van der Waals surface area contributed by atoms with Crippen molar-refractivity contribution in [1.82, 2.24) is 24.3 Å². The molecule has 10 nitrogen and oxygen atoms in total. The molecule has 0 fully saturated rings. The maximum Gasteiger partial charge on any atom is 0.265 e. The molecule has 0 atom stereocenters. The molecule has 3 heterocycles. The average molecular weight is 441 g/mol. The van der Waals surface area contributed by atoms with E-state index in [2.05, 4.69) is 25.6 Å². The smallest absolute Gasteiger partial charge is 0.265 e. The summed E-state index contributed by atoms with van der Waals surface area (Å²) in [5.41, 5.74) is 4.28. The minimum absolute atomic E-state index is 0.114. The van der Waals surface area contributed by atoms with Crippen molar-refractivity contribution in [3.8, 4) is 11.6 Å². The van der Waals surface area contributed by atoms with Crippen LogP contribution in [0.5, 0.6) is 5.88 Å². The van der Waals surface area contributed by atoms with Gasteiger partial charge in [0.2, 0.25) is 11.8 Å². The molecule has 0 bridgehead atoms. The van der Waals surface area contributed by atoms with Crippen LogP contribution < -0.4 is 16.5 Å². The van der Waals surface area contributed by atoms with Crippen LogP contribution in [0, 0.1) is 6.92 Å². The molecule has 5 rings (SSSR count). The number of aromatic hydroxyl groups is 1. The average Bonchev–Trinajstić information content (AvgIpc) is 3.18. The van der Waals surface area contributed by atoms with E-state index in [1.165, 1.54) is 21.7 Å². The standard InChI is InChI=1S/C23H19N7O3/c1-13-7-9-14(10-8-13)30-21(32)16-6-4-3-5-15(16)17(22(30)33)11-24-28-23-26-19-18(20(31)27-23)12-25-29(19)2/h3-12,33H,1-2H3,(H2,26,27,28,31)/b24-11-. The van der Waals surface area contributed by atoms with E-state index in [0.29, 0.717) is 33.1 Å². The van der Waals surface area contributed by atoms with E-state index in [1.54, 1.807) is 43.4 Å². The first-order valence-electron chi connectivity index (χ1n) is 10.1. The molecule has 3 aromatic heterocycles. The third-order valence-corrected chi connectivity index (χ3v) is 5.36. The Morgan fingerprint density at radius 3 is 2.55 bits per heavy atom. The van der Waals surface area contributed by atoms with Crippen LogP contribution in [0.4, 0.5) is 5.95 Å². The number of hydrazone groups is 1. The number of benzene rings is 2. The largest absolute Gasteiger partial charge is 0.494 e. The molecule has 0 radical (unpaired) electrons. The molecule has 0 saturated carbocycles. The Kier molecular flexibility index (Phi) is 4.74. The number of H-pyrrole nitrogens is 1. The van der Waals surface area contributed by atoms with E-state index in [-0.39, 0.29) is 22.9 Å². The molecule has 2 aromatic carbocycles. The minimum Gasteiger partial charge on any atom is -0.494 e. The molecule has 3 N–H and O–H groups in total. The Labute approximate surface area is 186 Å². The highest BCUT2D eigenvalue weighted by molar-refractivity contribution is 6.01. The van der Waals surface area contributed by atoms with Gasteiger partial charge in [0.05, 0.1) is 23.7 Å². The second-order valence-electron chi connectivity index (χ2n) is 7.55. The number of aromatic nitrogens is 5. The normalized spacial score (nSPS) is 11.6. The summed E-state index contributed by atoms with van der Waals surface area (Å²) in [4.78, 5) is 32.2. The monoisotopic (exact) mass is 441 g/mol. The van der Waals surface area contributed by atoms with Gasteiger partial charge in [-0.1, -0.05) is 35.9 Å². The fraction of sp³-hybridized carbons (Fsp3) is 0.0870. The first kappa shape index (κ1) is 20.2. The number of rotatable bonds is 4. The van der Waals surface area contributed by atoms with Crippen molar-refractivity contribution in [2.75, 3.05) is 5.43 Å². The summed E-state index contributed by atoms with van der Waals surface area (Å²) >= 11 is 0. The summed E-state index contributed by atoms with van der Waals surface area (Å²) < 4.78 is 2.72. The van der Waals surface area contributed by atoms with Crippen LogP contribution in [0.2, 0.25) is 0 Å². The van der Waals surface area contributed by atoms with Gasteiger partial charge in [0, 0.05) is 17.8 Å². The van der Waals surface area contributed by atoms with E-state index in [0.717, 1.165) is 5.56 Å². The third-order valence-electron chi connectivity index (χ3n) is 5.36. The molecule has 164 valence electrons. The number of aromatic amines is 1. The van der Waals surface area contributed by atoms with Crippen molar-refractivity contribution in [1.29, 1.82) is 0 Å². The topological polar surface area (TPSA) is 130 Å². The van der Waals surface area contributed by atoms with Gasteiger partial charge >= 0.3 is 0 Å². The SMILES string of the molecule is Cc1ccc(-n2c(O)c(/C=N\Nc3nc4c(cnn4C)c(=O)[nH]3)c3ccccc3c2=O)cc1. The van der Waals surface area contributed by atoms with Crippen molar-refractivity contribution in [2.24, 2.45) is 12.1 Å². The lowest BCUT2D eigenvalue weighted by atomic mass is 10.1. The van der Waals surface area contributed by atoms with Crippen LogP contribution >= 0.6 is 0 Å². The quantitative estimate of drug-likeness (QED) is 0.290. The molecule has 0 aliphatic heterocycles. The van der Waals surface area contributed by atoms with Gasteiger partial charge in [0.1, 0.15) is 5.39 Å². The van der Waals surface area contributed by atoms with Crippen molar-refractivity contribution in [2.45, 2.75) is 6.92 Å². The zero-order chi connectivity index (χ0) is 23.1. The van der Waals surface area contributed by atoms with Crippen LogP contribution in [0.1, 0.15) is 11.1 Å². The van der Waals surface area contributed by atoms with Crippen molar-refractivity contribution >= 4 is 34.0 Å². The van der Waals surface area contributed by atoms with E-state index in [9.17, 15) is 14.7 Å². The van der Waals surface area contributed by atoms with Gasteiger partial charge in [-0.3, -0.25) is 19.3 Å². The van der Waals surface area contributed by atoms with Crippen LogP contribution in [-0.4, -0.2) is 35.6 Å². The number of fused-ring (bicyclic) bond motifs is 2. The molecule has 0 aliphatic rings. The molecule has 33 heavy (non-hydrogen) atoms. The van der Waals surface area contributed by atoms with Gasteiger partial charge in [-0.25, -0.2) is 9.99 Å². The molecule has 0 aliphatic carbocycles. The Morgan fingerprint density at radius 1 is 1.06 bits per heavy atom. The van der Waals surface area contributed by atoms with Crippen molar-refractivity contribution in [3.05, 3.63) is 86.6 Å². The number of nitrogens with zero attached hydrogens (tertiary/aromatic N) is 5. The zero-order valence-electron chi connectivity index (χ0n) is 17.8. The molecule has 0 amide bonds. The van der Waals surface area contributed by atoms with Crippen molar-refractivity contribution < 1.29 is 5.11 Å². The van der Waals surface area contributed by atoms with Crippen LogP contribution in [-0.2, 0) is 7.05 Å². The highest BCUT2D eigenvalue weighted by Crippen LogP contribution is 2.26. The van der Waals surface area contributed by atoms with E-state index >= 15 is 0 Å². The summed E-state index contributed by atoms with van der Waals surface area (Å²) in [6, 6.07) is 14.2. The molecule has 10 heteroatoms. The zero-order valence-corrected chi connectivity index (χ0v) is 17.8. The summed E-state index contributed by atoms with van der Waals surface area (Å²) in [6.07, 6.45) is 2.82. The summed E-state index contributed by atoms with van der Waals surface area (Å²) in [5, 5.41) is 20.5. The van der Waals surface area contributed by atoms with Gasteiger partial charge < -0.3 is 5.11 Å². The van der Waals surface area contributed by atoms with Gasteiger partial charge in [0.15, 0.2) is 5.65 Å². The molecular weight excluding hydrogens is 422 g/mol. The predicted octanol–water partition coefficient (Wildman–Crippen LogP) is 2.42. The lowest BCUT2D eigenvalue weighted by molar-refractivity contribution is 0.436. The Balaban J connectivity index is 1.61. The maximum absolute atomic E-state index is 13.1. The molecule has 0 saturated heterocycles. The first-order valence-corrected chi connectivity index (χ1v) is 10.1. The van der Waals surface area contributed by atoms with Gasteiger partial charge in [0.25, 0.3) is 11.1 Å². The lowest BCUT2D eigenvalue weighted by Crippen LogP contribution is -2.20. The second-order valence-corrected chi connectivity index (χ2v) is 7.55. The fourth-order valence-corrected chi connectivity index (χ4v) is 3.67. The maximum atomic E-state index is 13.1. The summed E-state index contributed by atoms with van der Waals surface area (Å²) in [6.45, 7) is 1.94. The number of pyridine rings is 1. The van der Waals surface area contributed by atoms with Crippen LogP contribution in [0.25, 0.3) is 27.5 Å². The Morgan fingerprint density at radius 2 is 1.79 bits per heavy atom. The number of hydrogen-bond acceptors (Lipinski definition) is 7. The van der Waals surface area contributed by atoms with E-state index in [1.807, 2.05) is 19.1 Å². The molecule has 5 aromatic rings. The van der Waals surface area contributed by atoms with Crippen LogP contribution in [0.15, 0.2) is 69.4 Å². The number of anilines is 1. The predicted molar refractivity (Wildman–Crippen MR) is 126 cm³/mol. The minimum atomic E-state index is -0.355. The molecule has 0 unspecified atom stereocenters. The first-order chi connectivity index (χ1) is 15.9. The number of hydrogen-bond donors (Lipinski definition) is 3. The van der Waals surface area contributed by atoms with Crippen LogP contribution in [0.3, 0.4) is 0 Å². The van der Waals surface area contributed by atoms with Gasteiger partial charge in [-0.15, -0.1) is 0 Å². The van der Waals surface area contributed by atoms with Gasteiger partial charge in [-0.2, -0.15) is 15.2 Å². The molecule has 0 spiro atoms. The second kappa shape index (κ2) is 7.75. The molecular formula is C23H19N7O3.